The third-order valence-electron chi connectivity index (χ3n) is 3.66. The zero-order chi connectivity index (χ0) is 16.8. The number of hydrogen-bond acceptors (Lipinski definition) is 3. The molecular formula is C14H13F4N3OS. The second-order valence-corrected chi connectivity index (χ2v) is 6.42. The van der Waals surface area contributed by atoms with Crippen molar-refractivity contribution in [1.29, 1.82) is 0 Å². The van der Waals surface area contributed by atoms with Gasteiger partial charge in [-0.1, -0.05) is 0 Å². The Morgan fingerprint density at radius 2 is 2.13 bits per heavy atom. The van der Waals surface area contributed by atoms with Crippen LogP contribution in [0, 0.1) is 0 Å². The van der Waals surface area contributed by atoms with E-state index < -0.39 is 18.0 Å². The number of rotatable bonds is 2. The molecule has 2 aromatic rings. The van der Waals surface area contributed by atoms with Crippen LogP contribution in [0.3, 0.4) is 0 Å². The van der Waals surface area contributed by atoms with Crippen molar-refractivity contribution in [2.75, 3.05) is 13.1 Å². The second kappa shape index (κ2) is 5.63. The lowest BCUT2D eigenvalue weighted by Gasteiger charge is -2.13. The van der Waals surface area contributed by atoms with Crippen molar-refractivity contribution < 1.29 is 22.4 Å². The van der Waals surface area contributed by atoms with Crippen LogP contribution in [-0.4, -0.2) is 39.8 Å². The summed E-state index contributed by atoms with van der Waals surface area (Å²) in [7, 11) is 1.22. The van der Waals surface area contributed by atoms with Crippen LogP contribution in [0.5, 0.6) is 0 Å². The standard InChI is InChI=1S/C14H13F4N3OS/c1-20-12(14(16,17)18)6-9(19-20)10-2-3-11(23-10)13(22)21-5-4-8(15)7-21/h2-3,6,8H,4-5,7H2,1H3/t8-/m0/s1. The van der Waals surface area contributed by atoms with Gasteiger partial charge in [0.1, 0.15) is 17.6 Å². The Morgan fingerprint density at radius 3 is 2.70 bits per heavy atom. The predicted molar refractivity (Wildman–Crippen MR) is 76.9 cm³/mol. The number of carbonyl (C=O) groups is 1. The minimum absolute atomic E-state index is 0.0634. The molecule has 4 nitrogen and oxygen atoms in total. The zero-order valence-corrected chi connectivity index (χ0v) is 12.9. The molecule has 9 heteroatoms. The van der Waals surface area contributed by atoms with Gasteiger partial charge in [0.15, 0.2) is 0 Å². The molecule has 23 heavy (non-hydrogen) atoms. The van der Waals surface area contributed by atoms with Gasteiger partial charge in [0.05, 0.1) is 16.3 Å². The Hall–Kier alpha value is -1.90. The number of nitrogens with zero attached hydrogens (tertiary/aromatic N) is 3. The maximum atomic E-state index is 13.2. The molecule has 0 aromatic carbocycles. The van der Waals surface area contributed by atoms with Gasteiger partial charge in [-0.15, -0.1) is 11.3 Å². The van der Waals surface area contributed by atoms with E-state index in [2.05, 4.69) is 5.10 Å². The number of amides is 1. The maximum absolute atomic E-state index is 13.2. The van der Waals surface area contributed by atoms with Crippen LogP contribution in [-0.2, 0) is 13.2 Å². The number of alkyl halides is 4. The van der Waals surface area contributed by atoms with Gasteiger partial charge in [-0.25, -0.2) is 4.39 Å². The van der Waals surface area contributed by atoms with Crippen LogP contribution in [0.25, 0.3) is 10.6 Å². The average molecular weight is 347 g/mol. The van der Waals surface area contributed by atoms with Gasteiger partial charge in [-0.3, -0.25) is 9.48 Å². The van der Waals surface area contributed by atoms with Crippen molar-refractivity contribution in [3.05, 3.63) is 28.8 Å². The van der Waals surface area contributed by atoms with Crippen LogP contribution in [0.2, 0.25) is 0 Å². The fourth-order valence-electron chi connectivity index (χ4n) is 2.50. The second-order valence-electron chi connectivity index (χ2n) is 5.34. The molecule has 1 atom stereocenters. The van der Waals surface area contributed by atoms with Gasteiger partial charge in [-0.05, 0) is 24.6 Å². The average Bonchev–Trinajstić information content (AvgIpc) is 3.15. The van der Waals surface area contributed by atoms with Crippen LogP contribution in [0.1, 0.15) is 21.8 Å². The summed E-state index contributed by atoms with van der Waals surface area (Å²) >= 11 is 1.06. The zero-order valence-electron chi connectivity index (χ0n) is 12.1. The van der Waals surface area contributed by atoms with E-state index in [-0.39, 0.29) is 18.1 Å². The molecule has 0 aliphatic carbocycles. The van der Waals surface area contributed by atoms with Crippen molar-refractivity contribution in [3.8, 4) is 10.6 Å². The molecule has 1 fully saturated rings. The van der Waals surface area contributed by atoms with Crippen molar-refractivity contribution >= 4 is 17.2 Å². The minimum Gasteiger partial charge on any atom is -0.335 e. The van der Waals surface area contributed by atoms with Crippen LogP contribution in [0.4, 0.5) is 17.6 Å². The van der Waals surface area contributed by atoms with Gasteiger partial charge in [0.25, 0.3) is 5.91 Å². The van der Waals surface area contributed by atoms with Crippen LogP contribution < -0.4 is 0 Å². The molecule has 1 saturated heterocycles. The van der Waals surface area contributed by atoms with Gasteiger partial charge < -0.3 is 4.90 Å². The fraction of sp³-hybridized carbons (Fsp3) is 0.429. The van der Waals surface area contributed by atoms with E-state index in [1.165, 1.54) is 18.0 Å². The summed E-state index contributed by atoms with van der Waals surface area (Å²) in [5.74, 6) is -0.298. The number of aromatic nitrogens is 2. The van der Waals surface area contributed by atoms with E-state index in [4.69, 9.17) is 0 Å². The van der Waals surface area contributed by atoms with E-state index in [1.807, 2.05) is 0 Å². The lowest BCUT2D eigenvalue weighted by molar-refractivity contribution is -0.143. The Morgan fingerprint density at radius 1 is 1.39 bits per heavy atom. The number of thiophene rings is 1. The summed E-state index contributed by atoms with van der Waals surface area (Å²) in [5, 5.41) is 3.85. The van der Waals surface area contributed by atoms with Crippen LogP contribution >= 0.6 is 11.3 Å². The Bertz CT molecular complexity index is 737. The van der Waals surface area contributed by atoms with Crippen LogP contribution in [0.15, 0.2) is 18.2 Å². The molecular weight excluding hydrogens is 334 g/mol. The number of halogens is 4. The smallest absolute Gasteiger partial charge is 0.335 e. The first-order valence-electron chi connectivity index (χ1n) is 6.90. The maximum Gasteiger partial charge on any atom is 0.433 e. The third kappa shape index (κ3) is 3.10. The Balaban J connectivity index is 1.84. The molecule has 0 spiro atoms. The number of aryl methyl sites for hydroxylation is 1. The minimum atomic E-state index is -4.48. The largest absolute Gasteiger partial charge is 0.433 e. The highest BCUT2D eigenvalue weighted by Crippen LogP contribution is 2.34. The summed E-state index contributed by atoms with van der Waals surface area (Å²) in [5.41, 5.74) is -0.692. The van der Waals surface area contributed by atoms with Gasteiger partial charge >= 0.3 is 6.18 Å². The molecule has 3 heterocycles. The Kier molecular flexibility index (Phi) is 3.91. The molecule has 124 valence electrons. The third-order valence-corrected chi connectivity index (χ3v) is 4.75. The van der Waals surface area contributed by atoms with Gasteiger partial charge in [0.2, 0.25) is 0 Å². The molecule has 0 saturated carbocycles. The molecule has 0 unspecified atom stereocenters. The van der Waals surface area contributed by atoms with Gasteiger partial charge in [0, 0.05) is 13.6 Å². The first-order valence-corrected chi connectivity index (χ1v) is 7.72. The Labute approximate surface area is 133 Å². The summed E-state index contributed by atoms with van der Waals surface area (Å²) in [6.07, 6.45) is -5.18. The van der Waals surface area contributed by atoms with E-state index >= 15 is 0 Å². The summed E-state index contributed by atoms with van der Waals surface area (Å²) < 4.78 is 52.3. The molecule has 0 radical (unpaired) electrons. The summed E-state index contributed by atoms with van der Waals surface area (Å²) in [4.78, 5) is 14.5. The molecule has 1 aliphatic heterocycles. The van der Waals surface area contributed by atoms with Gasteiger partial charge in [-0.2, -0.15) is 18.3 Å². The molecule has 1 aliphatic rings. The molecule has 0 bridgehead atoms. The lowest BCUT2D eigenvalue weighted by Crippen LogP contribution is -2.28. The highest BCUT2D eigenvalue weighted by Gasteiger charge is 2.35. The normalized spacial score (nSPS) is 18.7. The first kappa shape index (κ1) is 16.0. The SMILES string of the molecule is Cn1nc(-c2ccc(C(=O)N3CC[C@H](F)C3)s2)cc1C(F)(F)F. The number of likely N-dealkylation sites (tertiary alicyclic amines) is 1. The topological polar surface area (TPSA) is 38.1 Å². The van der Waals surface area contributed by atoms with Crippen molar-refractivity contribution in [3.63, 3.8) is 0 Å². The number of carbonyl (C=O) groups excluding carboxylic acids is 1. The quantitative estimate of drug-likeness (QED) is 0.782. The highest BCUT2D eigenvalue weighted by molar-refractivity contribution is 7.17. The molecule has 2 aromatic heterocycles. The fourth-order valence-corrected chi connectivity index (χ4v) is 3.43. The number of hydrogen-bond donors (Lipinski definition) is 0. The first-order chi connectivity index (χ1) is 10.8. The van der Waals surface area contributed by atoms with Crippen molar-refractivity contribution in [2.45, 2.75) is 18.8 Å². The lowest BCUT2D eigenvalue weighted by atomic mass is 10.3. The molecule has 0 N–H and O–H groups in total. The van der Waals surface area contributed by atoms with E-state index in [0.717, 1.165) is 22.1 Å². The monoisotopic (exact) mass is 347 g/mol. The molecule has 1 amide bonds. The van der Waals surface area contributed by atoms with Crippen molar-refractivity contribution in [2.24, 2.45) is 7.05 Å². The summed E-state index contributed by atoms with van der Waals surface area (Å²) in [6.45, 7) is 0.420. The predicted octanol–water partition coefficient (Wildman–Crippen LogP) is 3.35. The van der Waals surface area contributed by atoms with Crippen molar-refractivity contribution in [1.82, 2.24) is 14.7 Å². The summed E-state index contributed by atoms with van der Waals surface area (Å²) in [6, 6.07) is 4.05. The highest BCUT2D eigenvalue weighted by atomic mass is 32.1. The molecule has 3 rings (SSSR count). The van der Waals surface area contributed by atoms with E-state index in [1.54, 1.807) is 6.07 Å². The van der Waals surface area contributed by atoms with E-state index in [9.17, 15) is 22.4 Å². The van der Waals surface area contributed by atoms with E-state index in [0.29, 0.717) is 22.7 Å².